The van der Waals surface area contributed by atoms with E-state index in [0.29, 0.717) is 0 Å². The van der Waals surface area contributed by atoms with Crippen molar-refractivity contribution in [3.05, 3.63) is 65.9 Å². The first kappa shape index (κ1) is 26.3. The molecule has 2 unspecified atom stereocenters. The van der Waals surface area contributed by atoms with Crippen molar-refractivity contribution in [2.45, 2.75) is 45.2 Å². The first-order valence-corrected chi connectivity index (χ1v) is 12.9. The van der Waals surface area contributed by atoms with E-state index in [-0.39, 0.29) is 23.4 Å². The summed E-state index contributed by atoms with van der Waals surface area (Å²) in [7, 11) is -2.63. The average molecular weight is 533 g/mol. The van der Waals surface area contributed by atoms with Crippen LogP contribution in [0.15, 0.2) is 42.9 Å². The largest absolute Gasteiger partial charge is 0.366 e. The number of halogens is 2. The van der Waals surface area contributed by atoms with Crippen LogP contribution in [0.3, 0.4) is 0 Å². The number of para-hydroxylation sites is 1. The standard InChI is InChI=1S/C23H26F2N8O3S/c1-13(2)36-20(21-26-11-14(3)12-27-21)15(4)37(34,35)31-23-29-28-22(18-9-10-32(5)30-18)33(23)19-16(24)7-6-8-17(19)25/h6-13,15,20H,1-5H3,(H,29,31). The number of hydrogen-bond acceptors (Lipinski definition) is 8. The minimum absolute atomic E-state index is 0.0631. The van der Waals surface area contributed by atoms with Crippen molar-refractivity contribution in [3.63, 3.8) is 0 Å². The monoisotopic (exact) mass is 532 g/mol. The van der Waals surface area contributed by atoms with Crippen molar-refractivity contribution in [2.75, 3.05) is 4.72 Å². The molecule has 0 amide bonds. The molecule has 0 fully saturated rings. The summed E-state index contributed by atoms with van der Waals surface area (Å²) >= 11 is 0. The zero-order chi connectivity index (χ0) is 26.9. The van der Waals surface area contributed by atoms with Gasteiger partial charge in [-0.2, -0.15) is 5.10 Å². The molecule has 0 saturated heterocycles. The number of nitrogens with zero attached hydrogens (tertiary/aromatic N) is 7. The molecule has 4 aromatic rings. The first-order valence-electron chi connectivity index (χ1n) is 11.3. The van der Waals surface area contributed by atoms with Crippen LogP contribution in [0.2, 0.25) is 0 Å². The van der Waals surface area contributed by atoms with Crippen LogP contribution in [0.5, 0.6) is 0 Å². The Morgan fingerprint density at radius 1 is 1.03 bits per heavy atom. The highest BCUT2D eigenvalue weighted by atomic mass is 32.2. The number of rotatable bonds is 9. The summed E-state index contributed by atoms with van der Waals surface area (Å²) in [5, 5.41) is 10.9. The molecule has 3 aromatic heterocycles. The zero-order valence-electron chi connectivity index (χ0n) is 20.8. The predicted octanol–water partition coefficient (Wildman–Crippen LogP) is 3.34. The van der Waals surface area contributed by atoms with Gasteiger partial charge in [0.2, 0.25) is 16.0 Å². The van der Waals surface area contributed by atoms with Gasteiger partial charge in [-0.05, 0) is 51.5 Å². The lowest BCUT2D eigenvalue weighted by Crippen LogP contribution is -2.35. The lowest BCUT2D eigenvalue weighted by atomic mass is 10.2. The fourth-order valence-electron chi connectivity index (χ4n) is 3.57. The third kappa shape index (κ3) is 5.49. The van der Waals surface area contributed by atoms with Crippen molar-refractivity contribution < 1.29 is 21.9 Å². The minimum Gasteiger partial charge on any atom is -0.366 e. The molecular formula is C23H26F2N8O3S. The van der Waals surface area contributed by atoms with E-state index in [1.165, 1.54) is 17.7 Å². The van der Waals surface area contributed by atoms with Crippen LogP contribution < -0.4 is 4.72 Å². The first-order chi connectivity index (χ1) is 17.5. The fourth-order valence-corrected chi connectivity index (χ4v) is 4.66. The Morgan fingerprint density at radius 3 is 2.24 bits per heavy atom. The van der Waals surface area contributed by atoms with E-state index in [9.17, 15) is 17.2 Å². The van der Waals surface area contributed by atoms with Crippen LogP contribution in [0, 0.1) is 18.6 Å². The second kappa shape index (κ2) is 10.3. The molecule has 37 heavy (non-hydrogen) atoms. The molecule has 0 saturated carbocycles. The molecule has 0 aliphatic rings. The molecule has 0 bridgehead atoms. The number of sulfonamides is 1. The Balaban J connectivity index is 1.79. The number of ether oxygens (including phenoxy) is 1. The van der Waals surface area contributed by atoms with Crippen molar-refractivity contribution in [3.8, 4) is 17.2 Å². The third-order valence-corrected chi connectivity index (χ3v) is 7.08. The molecule has 1 aromatic carbocycles. The predicted molar refractivity (Wildman–Crippen MR) is 131 cm³/mol. The van der Waals surface area contributed by atoms with Crippen LogP contribution in [0.25, 0.3) is 17.2 Å². The summed E-state index contributed by atoms with van der Waals surface area (Å²) in [4.78, 5) is 8.47. The van der Waals surface area contributed by atoms with Gasteiger partial charge in [0.1, 0.15) is 34.4 Å². The third-order valence-electron chi connectivity index (χ3n) is 5.39. The lowest BCUT2D eigenvalue weighted by Gasteiger charge is -2.25. The molecule has 4 rings (SSSR count). The van der Waals surface area contributed by atoms with E-state index in [4.69, 9.17) is 4.74 Å². The second-order valence-electron chi connectivity index (χ2n) is 8.70. The van der Waals surface area contributed by atoms with Gasteiger partial charge in [-0.3, -0.25) is 14.0 Å². The van der Waals surface area contributed by atoms with Gasteiger partial charge in [0.15, 0.2) is 11.6 Å². The fraction of sp³-hybridized carbons (Fsp3) is 0.348. The molecular weight excluding hydrogens is 506 g/mol. The summed E-state index contributed by atoms with van der Waals surface area (Å²) in [5.74, 6) is -2.21. The lowest BCUT2D eigenvalue weighted by molar-refractivity contribution is 0.00152. The maximum Gasteiger partial charge on any atom is 0.243 e. The molecule has 1 N–H and O–H groups in total. The number of aromatic nitrogens is 7. The van der Waals surface area contributed by atoms with Gasteiger partial charge < -0.3 is 4.74 Å². The molecule has 2 atom stereocenters. The Labute approximate surface area is 212 Å². The average Bonchev–Trinajstić information content (AvgIpc) is 3.43. The topological polar surface area (TPSA) is 130 Å². The smallest absolute Gasteiger partial charge is 0.243 e. The summed E-state index contributed by atoms with van der Waals surface area (Å²) in [6.07, 6.45) is 3.33. The van der Waals surface area contributed by atoms with Crippen molar-refractivity contribution in [1.82, 2.24) is 34.5 Å². The normalized spacial score (nSPS) is 13.6. The number of anilines is 1. The van der Waals surface area contributed by atoms with Crippen molar-refractivity contribution in [2.24, 2.45) is 7.05 Å². The van der Waals surface area contributed by atoms with Gasteiger partial charge in [-0.1, -0.05) is 6.07 Å². The van der Waals surface area contributed by atoms with Gasteiger partial charge >= 0.3 is 0 Å². The molecule has 11 nitrogen and oxygen atoms in total. The Bertz CT molecular complexity index is 1480. The maximum atomic E-state index is 14.9. The Kier molecular flexibility index (Phi) is 7.32. The summed E-state index contributed by atoms with van der Waals surface area (Å²) < 4.78 is 67.4. The van der Waals surface area contributed by atoms with Gasteiger partial charge in [0.25, 0.3) is 0 Å². The molecule has 196 valence electrons. The SMILES string of the molecule is Cc1cnc(C(OC(C)C)C(C)S(=O)(=O)Nc2nnc(-c3ccn(C)n3)n2-c2c(F)cccc2F)nc1. The molecule has 0 aliphatic heterocycles. The summed E-state index contributed by atoms with van der Waals surface area (Å²) in [6, 6.07) is 4.84. The quantitative estimate of drug-likeness (QED) is 0.347. The van der Waals surface area contributed by atoms with Gasteiger partial charge in [-0.15, -0.1) is 10.2 Å². The number of aryl methyl sites for hydroxylation is 2. The number of benzene rings is 1. The molecule has 3 heterocycles. The number of hydrogen-bond donors (Lipinski definition) is 1. The maximum absolute atomic E-state index is 14.9. The second-order valence-corrected chi connectivity index (χ2v) is 10.7. The van der Waals surface area contributed by atoms with Gasteiger partial charge in [0.05, 0.1) is 6.10 Å². The molecule has 14 heteroatoms. The van der Waals surface area contributed by atoms with Crippen LogP contribution in [-0.2, 0) is 21.8 Å². The highest BCUT2D eigenvalue weighted by Crippen LogP contribution is 2.30. The summed E-state index contributed by atoms with van der Waals surface area (Å²) in [5.41, 5.74) is 0.461. The van der Waals surface area contributed by atoms with Crippen LogP contribution >= 0.6 is 0 Å². The van der Waals surface area contributed by atoms with E-state index in [0.717, 1.165) is 22.3 Å². The molecule has 0 radical (unpaired) electrons. The van der Waals surface area contributed by atoms with E-state index < -0.39 is 44.6 Å². The molecule has 0 spiro atoms. The molecule has 0 aliphatic carbocycles. The van der Waals surface area contributed by atoms with E-state index in [1.54, 1.807) is 52.5 Å². The van der Waals surface area contributed by atoms with Gasteiger partial charge in [-0.25, -0.2) is 27.2 Å². The van der Waals surface area contributed by atoms with Crippen molar-refractivity contribution >= 4 is 16.0 Å². The van der Waals surface area contributed by atoms with E-state index in [1.807, 2.05) is 0 Å². The Morgan fingerprint density at radius 2 is 1.68 bits per heavy atom. The van der Waals surface area contributed by atoms with Crippen LogP contribution in [0.1, 0.15) is 38.3 Å². The number of nitrogens with one attached hydrogen (secondary N) is 1. The van der Waals surface area contributed by atoms with Crippen LogP contribution in [0.4, 0.5) is 14.7 Å². The van der Waals surface area contributed by atoms with E-state index >= 15 is 0 Å². The summed E-state index contributed by atoms with van der Waals surface area (Å²) in [6.45, 7) is 6.73. The minimum atomic E-state index is -4.29. The highest BCUT2D eigenvalue weighted by molar-refractivity contribution is 7.93. The zero-order valence-corrected chi connectivity index (χ0v) is 21.6. The Hall–Kier alpha value is -3.78. The van der Waals surface area contributed by atoms with Crippen LogP contribution in [-0.4, -0.2) is 54.3 Å². The van der Waals surface area contributed by atoms with E-state index in [2.05, 4.69) is 30.0 Å². The van der Waals surface area contributed by atoms with Gasteiger partial charge in [0, 0.05) is 25.6 Å². The highest BCUT2D eigenvalue weighted by Gasteiger charge is 2.36. The van der Waals surface area contributed by atoms with Crippen molar-refractivity contribution in [1.29, 1.82) is 0 Å².